The van der Waals surface area contributed by atoms with Crippen molar-refractivity contribution in [1.82, 2.24) is 0 Å². The average Bonchev–Trinajstić information content (AvgIpc) is 2.57. The van der Waals surface area contributed by atoms with Crippen LogP contribution in [0.25, 0.3) is 0 Å². The summed E-state index contributed by atoms with van der Waals surface area (Å²) < 4.78 is 13.5. The van der Waals surface area contributed by atoms with Crippen LogP contribution in [0.15, 0.2) is 23.1 Å². The zero-order chi connectivity index (χ0) is 10.8. The monoisotopic (exact) mass is 226 g/mol. The van der Waals surface area contributed by atoms with Crippen LogP contribution in [0.3, 0.4) is 0 Å². The van der Waals surface area contributed by atoms with Crippen molar-refractivity contribution in [2.75, 3.05) is 5.73 Å². The van der Waals surface area contributed by atoms with Crippen LogP contribution in [0.2, 0.25) is 0 Å². The highest BCUT2D eigenvalue weighted by Gasteiger charge is 2.25. The molecule has 0 radical (unpaired) electrons. The lowest BCUT2D eigenvalue weighted by Gasteiger charge is -2.15. The van der Waals surface area contributed by atoms with Crippen LogP contribution in [-0.4, -0.2) is 11.3 Å². The van der Waals surface area contributed by atoms with Gasteiger partial charge in [0, 0.05) is 21.9 Å². The van der Waals surface area contributed by atoms with E-state index in [0.29, 0.717) is 15.8 Å². The Balaban J connectivity index is 2.10. The van der Waals surface area contributed by atoms with E-state index in [0.717, 1.165) is 19.3 Å². The number of benzene rings is 1. The van der Waals surface area contributed by atoms with Crippen LogP contribution < -0.4 is 11.5 Å². The van der Waals surface area contributed by atoms with Gasteiger partial charge in [-0.2, -0.15) is 0 Å². The lowest BCUT2D eigenvalue weighted by molar-refractivity contribution is 0.601. The summed E-state index contributed by atoms with van der Waals surface area (Å²) in [6.45, 7) is 0. The first-order valence-electron chi connectivity index (χ1n) is 5.14. The van der Waals surface area contributed by atoms with Gasteiger partial charge in [0.15, 0.2) is 0 Å². The zero-order valence-corrected chi connectivity index (χ0v) is 9.27. The molecular formula is C11H15FN2S. The smallest absolute Gasteiger partial charge is 0.138 e. The summed E-state index contributed by atoms with van der Waals surface area (Å²) in [7, 11) is 0. The third-order valence-corrected chi connectivity index (χ3v) is 4.21. The standard InChI is InChI=1S/C11H15FN2S/c12-8-6-7(13)4-5-10(8)15-11-3-1-2-9(11)14/h4-6,9,11H,1-3,13-14H2. The third-order valence-electron chi connectivity index (χ3n) is 2.74. The number of nitrogens with two attached hydrogens (primary N) is 2. The first-order chi connectivity index (χ1) is 7.16. The highest BCUT2D eigenvalue weighted by molar-refractivity contribution is 8.00. The van der Waals surface area contributed by atoms with Crippen molar-refractivity contribution in [3.63, 3.8) is 0 Å². The van der Waals surface area contributed by atoms with Gasteiger partial charge in [-0.25, -0.2) is 4.39 Å². The van der Waals surface area contributed by atoms with Crippen molar-refractivity contribution in [2.45, 2.75) is 35.4 Å². The summed E-state index contributed by atoms with van der Waals surface area (Å²) in [6.07, 6.45) is 3.28. The van der Waals surface area contributed by atoms with Gasteiger partial charge >= 0.3 is 0 Å². The van der Waals surface area contributed by atoms with E-state index in [9.17, 15) is 4.39 Å². The summed E-state index contributed by atoms with van der Waals surface area (Å²) >= 11 is 1.54. The Bertz CT molecular complexity index is 356. The first-order valence-corrected chi connectivity index (χ1v) is 6.02. The van der Waals surface area contributed by atoms with E-state index in [1.165, 1.54) is 17.8 Å². The quantitative estimate of drug-likeness (QED) is 0.761. The van der Waals surface area contributed by atoms with Crippen molar-refractivity contribution >= 4 is 17.4 Å². The van der Waals surface area contributed by atoms with Gasteiger partial charge in [0.05, 0.1) is 0 Å². The van der Waals surface area contributed by atoms with Gasteiger partial charge in [-0.3, -0.25) is 0 Å². The molecule has 82 valence electrons. The normalized spacial score (nSPS) is 25.7. The third kappa shape index (κ3) is 2.44. The van der Waals surface area contributed by atoms with E-state index in [1.807, 2.05) is 0 Å². The van der Waals surface area contributed by atoms with Crippen LogP contribution in [0.1, 0.15) is 19.3 Å². The van der Waals surface area contributed by atoms with Crippen LogP contribution in [0.4, 0.5) is 10.1 Å². The van der Waals surface area contributed by atoms with E-state index in [-0.39, 0.29) is 11.9 Å². The van der Waals surface area contributed by atoms with Gasteiger partial charge in [0.1, 0.15) is 5.82 Å². The molecule has 2 unspecified atom stereocenters. The molecule has 1 aromatic carbocycles. The predicted octanol–water partition coefficient (Wildman–Crippen LogP) is 2.38. The van der Waals surface area contributed by atoms with E-state index < -0.39 is 0 Å². The maximum atomic E-state index is 13.5. The minimum Gasteiger partial charge on any atom is -0.399 e. The molecule has 4 heteroatoms. The fourth-order valence-electron chi connectivity index (χ4n) is 1.88. The molecule has 1 saturated carbocycles. The van der Waals surface area contributed by atoms with Gasteiger partial charge < -0.3 is 11.5 Å². The number of nitrogen functional groups attached to an aromatic ring is 1. The van der Waals surface area contributed by atoms with Crippen molar-refractivity contribution in [3.8, 4) is 0 Å². The maximum absolute atomic E-state index is 13.5. The average molecular weight is 226 g/mol. The molecule has 15 heavy (non-hydrogen) atoms. The highest BCUT2D eigenvalue weighted by atomic mass is 32.2. The summed E-state index contributed by atoms with van der Waals surface area (Å²) in [5.41, 5.74) is 11.9. The summed E-state index contributed by atoms with van der Waals surface area (Å²) in [5.74, 6) is -0.237. The summed E-state index contributed by atoms with van der Waals surface area (Å²) in [5, 5.41) is 0.350. The van der Waals surface area contributed by atoms with Gasteiger partial charge in [0.2, 0.25) is 0 Å². The van der Waals surface area contributed by atoms with E-state index in [2.05, 4.69) is 0 Å². The fraction of sp³-hybridized carbons (Fsp3) is 0.455. The molecule has 0 spiro atoms. The molecule has 1 aliphatic carbocycles. The molecule has 1 aromatic rings. The van der Waals surface area contributed by atoms with Gasteiger partial charge in [-0.15, -0.1) is 11.8 Å². The van der Waals surface area contributed by atoms with Crippen molar-refractivity contribution < 1.29 is 4.39 Å². The van der Waals surface area contributed by atoms with Crippen LogP contribution in [0.5, 0.6) is 0 Å². The second-order valence-electron chi connectivity index (χ2n) is 3.94. The zero-order valence-electron chi connectivity index (χ0n) is 8.45. The minimum atomic E-state index is -0.237. The molecule has 2 nitrogen and oxygen atoms in total. The van der Waals surface area contributed by atoms with Crippen molar-refractivity contribution in [3.05, 3.63) is 24.0 Å². The molecule has 0 bridgehead atoms. The lowest BCUT2D eigenvalue weighted by atomic mass is 10.3. The molecule has 2 atom stereocenters. The van der Waals surface area contributed by atoms with Crippen LogP contribution in [0, 0.1) is 5.82 Å². The Kier molecular flexibility index (Phi) is 3.17. The predicted molar refractivity (Wildman–Crippen MR) is 62.3 cm³/mol. The second kappa shape index (κ2) is 4.41. The molecule has 0 amide bonds. The topological polar surface area (TPSA) is 52.0 Å². The van der Waals surface area contributed by atoms with E-state index in [1.54, 1.807) is 12.1 Å². The number of rotatable bonds is 2. The number of hydrogen-bond acceptors (Lipinski definition) is 3. The molecule has 0 saturated heterocycles. The van der Waals surface area contributed by atoms with E-state index >= 15 is 0 Å². The molecule has 2 rings (SSSR count). The number of halogens is 1. The number of anilines is 1. The van der Waals surface area contributed by atoms with E-state index in [4.69, 9.17) is 11.5 Å². The van der Waals surface area contributed by atoms with Gasteiger partial charge in [0.25, 0.3) is 0 Å². The Labute approximate surface area is 93.2 Å². The van der Waals surface area contributed by atoms with Gasteiger partial charge in [-0.05, 0) is 31.0 Å². The van der Waals surface area contributed by atoms with Crippen LogP contribution >= 0.6 is 11.8 Å². The highest BCUT2D eigenvalue weighted by Crippen LogP contribution is 2.35. The van der Waals surface area contributed by atoms with Crippen molar-refractivity contribution in [1.29, 1.82) is 0 Å². The Hall–Kier alpha value is -0.740. The van der Waals surface area contributed by atoms with Crippen molar-refractivity contribution in [2.24, 2.45) is 5.73 Å². The Morgan fingerprint density at radius 1 is 1.33 bits per heavy atom. The number of hydrogen-bond donors (Lipinski definition) is 2. The van der Waals surface area contributed by atoms with Crippen LogP contribution in [-0.2, 0) is 0 Å². The molecule has 0 heterocycles. The summed E-state index contributed by atoms with van der Waals surface area (Å²) in [6, 6.07) is 5.03. The number of thioether (sulfide) groups is 1. The molecule has 0 aromatic heterocycles. The SMILES string of the molecule is Nc1ccc(SC2CCCC2N)c(F)c1. The Morgan fingerprint density at radius 2 is 2.13 bits per heavy atom. The van der Waals surface area contributed by atoms with Gasteiger partial charge in [-0.1, -0.05) is 6.42 Å². The maximum Gasteiger partial charge on any atom is 0.138 e. The minimum absolute atomic E-state index is 0.201. The lowest BCUT2D eigenvalue weighted by Crippen LogP contribution is -2.26. The first kappa shape index (κ1) is 10.8. The fourth-order valence-corrected chi connectivity index (χ4v) is 3.12. The molecule has 1 aliphatic rings. The molecule has 0 aliphatic heterocycles. The molecular weight excluding hydrogens is 211 g/mol. The summed E-state index contributed by atoms with van der Waals surface area (Å²) in [4.78, 5) is 0.659. The largest absolute Gasteiger partial charge is 0.399 e. The second-order valence-corrected chi connectivity index (χ2v) is 5.22. The molecule has 4 N–H and O–H groups in total. The Morgan fingerprint density at radius 3 is 2.73 bits per heavy atom. The molecule has 1 fully saturated rings.